The molecule has 3 rings (SSSR count). The van der Waals surface area contributed by atoms with Gasteiger partial charge in [0, 0.05) is 20.2 Å². The summed E-state index contributed by atoms with van der Waals surface area (Å²) in [7, 11) is -1.82. The number of benzene rings is 2. The number of rotatable bonds is 6. The van der Waals surface area contributed by atoms with Gasteiger partial charge in [0.15, 0.2) is 0 Å². The second-order valence-corrected chi connectivity index (χ2v) is 8.54. The highest BCUT2D eigenvalue weighted by Gasteiger charge is 2.22. The van der Waals surface area contributed by atoms with E-state index in [0.717, 1.165) is 37.0 Å². The molecule has 1 saturated heterocycles. The molecule has 5 heteroatoms. The van der Waals surface area contributed by atoms with Gasteiger partial charge in [0.1, 0.15) is 0 Å². The first-order chi connectivity index (χ1) is 12.1. The Kier molecular flexibility index (Phi) is 5.89. The lowest BCUT2D eigenvalue weighted by Gasteiger charge is -2.25. The van der Waals surface area contributed by atoms with Crippen molar-refractivity contribution in [1.82, 2.24) is 4.31 Å². The molecule has 1 atom stereocenters. The summed E-state index contributed by atoms with van der Waals surface area (Å²) in [6.07, 6.45) is 4.24. The first kappa shape index (κ1) is 18.1. The number of ether oxygens (including phenoxy) is 1. The van der Waals surface area contributed by atoms with Crippen LogP contribution in [0.4, 0.5) is 0 Å². The van der Waals surface area contributed by atoms with Crippen LogP contribution in [0.3, 0.4) is 0 Å². The van der Waals surface area contributed by atoms with Gasteiger partial charge in [-0.2, -0.15) is 0 Å². The van der Waals surface area contributed by atoms with Gasteiger partial charge >= 0.3 is 0 Å². The fraction of sp³-hybridized carbons (Fsp3) is 0.400. The quantitative estimate of drug-likeness (QED) is 0.785. The summed E-state index contributed by atoms with van der Waals surface area (Å²) in [4.78, 5) is 0.333. The number of sulfonamides is 1. The van der Waals surface area contributed by atoms with Crippen LogP contribution in [0.2, 0.25) is 0 Å². The molecule has 0 aliphatic carbocycles. The van der Waals surface area contributed by atoms with Crippen LogP contribution in [0.25, 0.3) is 11.1 Å². The smallest absolute Gasteiger partial charge is 0.242 e. The predicted molar refractivity (Wildman–Crippen MR) is 99.9 cm³/mol. The Balaban J connectivity index is 1.66. The first-order valence-electron chi connectivity index (χ1n) is 8.81. The van der Waals surface area contributed by atoms with Crippen molar-refractivity contribution in [2.45, 2.75) is 36.7 Å². The molecule has 134 valence electrons. The van der Waals surface area contributed by atoms with E-state index in [4.69, 9.17) is 4.74 Å². The zero-order valence-corrected chi connectivity index (χ0v) is 15.4. The van der Waals surface area contributed by atoms with Gasteiger partial charge in [0.2, 0.25) is 10.0 Å². The summed E-state index contributed by atoms with van der Waals surface area (Å²) < 4.78 is 32.6. The third-order valence-electron chi connectivity index (χ3n) is 4.71. The Hall–Kier alpha value is -1.69. The second kappa shape index (κ2) is 8.13. The second-order valence-electron chi connectivity index (χ2n) is 6.49. The average molecular weight is 359 g/mol. The van der Waals surface area contributed by atoms with Gasteiger partial charge in [-0.1, -0.05) is 42.5 Å². The van der Waals surface area contributed by atoms with Crippen LogP contribution in [-0.2, 0) is 14.8 Å². The molecule has 2 aromatic rings. The molecule has 2 aromatic carbocycles. The van der Waals surface area contributed by atoms with Crippen LogP contribution >= 0.6 is 0 Å². The maximum Gasteiger partial charge on any atom is 0.242 e. The molecule has 1 unspecified atom stereocenters. The summed E-state index contributed by atoms with van der Waals surface area (Å²) in [5.74, 6) is 0. The average Bonchev–Trinajstić information content (AvgIpc) is 2.67. The van der Waals surface area contributed by atoms with Crippen LogP contribution in [0.1, 0.15) is 25.7 Å². The van der Waals surface area contributed by atoms with E-state index in [1.54, 1.807) is 19.2 Å². The van der Waals surface area contributed by atoms with Crippen molar-refractivity contribution in [3.8, 4) is 11.1 Å². The number of hydrogen-bond donors (Lipinski definition) is 0. The molecular formula is C20H25NO3S. The van der Waals surface area contributed by atoms with Crippen molar-refractivity contribution in [1.29, 1.82) is 0 Å². The Morgan fingerprint density at radius 1 is 1.00 bits per heavy atom. The van der Waals surface area contributed by atoms with Crippen molar-refractivity contribution in [3.63, 3.8) is 0 Å². The summed E-state index contributed by atoms with van der Waals surface area (Å²) >= 11 is 0. The monoisotopic (exact) mass is 359 g/mol. The SMILES string of the molecule is CN(CCC1CCCCO1)S(=O)(=O)c1ccc(-c2ccccc2)cc1. The van der Waals surface area contributed by atoms with Crippen LogP contribution in [-0.4, -0.2) is 39.0 Å². The van der Waals surface area contributed by atoms with Gasteiger partial charge < -0.3 is 4.74 Å². The molecule has 1 aliphatic rings. The highest BCUT2D eigenvalue weighted by Crippen LogP contribution is 2.23. The van der Waals surface area contributed by atoms with Crippen molar-refractivity contribution in [2.24, 2.45) is 0 Å². The standard InChI is InChI=1S/C20H25NO3S/c1-21(15-14-19-9-5-6-16-24-19)25(22,23)20-12-10-18(11-13-20)17-7-3-2-4-8-17/h2-4,7-8,10-13,19H,5-6,9,14-16H2,1H3. The fourth-order valence-corrected chi connectivity index (χ4v) is 4.30. The molecule has 0 amide bonds. The Morgan fingerprint density at radius 2 is 1.68 bits per heavy atom. The first-order valence-corrected chi connectivity index (χ1v) is 10.2. The molecule has 0 N–H and O–H groups in total. The van der Waals surface area contributed by atoms with E-state index in [1.165, 1.54) is 10.7 Å². The highest BCUT2D eigenvalue weighted by atomic mass is 32.2. The minimum Gasteiger partial charge on any atom is -0.378 e. The molecule has 0 radical (unpaired) electrons. The molecule has 0 saturated carbocycles. The molecule has 0 aromatic heterocycles. The van der Waals surface area contributed by atoms with Gasteiger partial charge in [0.25, 0.3) is 0 Å². The Bertz CT molecular complexity index is 766. The molecule has 1 aliphatic heterocycles. The van der Waals surface area contributed by atoms with Gasteiger partial charge in [0.05, 0.1) is 11.0 Å². The summed E-state index contributed by atoms with van der Waals surface area (Å²) in [6.45, 7) is 1.27. The maximum absolute atomic E-state index is 12.7. The molecule has 1 fully saturated rings. The number of nitrogens with zero attached hydrogens (tertiary/aromatic N) is 1. The normalized spacial score (nSPS) is 18.4. The number of hydrogen-bond acceptors (Lipinski definition) is 3. The lowest BCUT2D eigenvalue weighted by Crippen LogP contribution is -2.31. The molecular weight excluding hydrogens is 334 g/mol. The lowest BCUT2D eigenvalue weighted by molar-refractivity contribution is 0.00950. The van der Waals surface area contributed by atoms with Crippen molar-refractivity contribution < 1.29 is 13.2 Å². The van der Waals surface area contributed by atoms with E-state index in [-0.39, 0.29) is 6.10 Å². The van der Waals surface area contributed by atoms with E-state index < -0.39 is 10.0 Å². The maximum atomic E-state index is 12.7. The molecule has 0 bridgehead atoms. The minimum atomic E-state index is -3.46. The van der Waals surface area contributed by atoms with Gasteiger partial charge in [-0.25, -0.2) is 12.7 Å². The third kappa shape index (κ3) is 4.48. The van der Waals surface area contributed by atoms with E-state index >= 15 is 0 Å². The van der Waals surface area contributed by atoms with Crippen molar-refractivity contribution in [3.05, 3.63) is 54.6 Å². The summed E-state index contributed by atoms with van der Waals surface area (Å²) in [5, 5.41) is 0. The van der Waals surface area contributed by atoms with Crippen molar-refractivity contribution >= 4 is 10.0 Å². The largest absolute Gasteiger partial charge is 0.378 e. The Morgan fingerprint density at radius 3 is 2.32 bits per heavy atom. The minimum absolute atomic E-state index is 0.187. The van der Waals surface area contributed by atoms with Gasteiger partial charge in [-0.3, -0.25) is 0 Å². The van der Waals surface area contributed by atoms with Crippen LogP contribution in [0.5, 0.6) is 0 Å². The van der Waals surface area contributed by atoms with Crippen molar-refractivity contribution in [2.75, 3.05) is 20.2 Å². The zero-order valence-electron chi connectivity index (χ0n) is 14.6. The molecule has 1 heterocycles. The van der Waals surface area contributed by atoms with Crippen LogP contribution in [0, 0.1) is 0 Å². The highest BCUT2D eigenvalue weighted by molar-refractivity contribution is 7.89. The zero-order chi connectivity index (χ0) is 17.7. The molecule has 4 nitrogen and oxygen atoms in total. The van der Waals surface area contributed by atoms with Crippen LogP contribution in [0.15, 0.2) is 59.5 Å². The Labute approximate surface area is 150 Å². The van der Waals surface area contributed by atoms with Gasteiger partial charge in [-0.05, 0) is 48.9 Å². The van der Waals surface area contributed by atoms with E-state index in [9.17, 15) is 8.42 Å². The molecule has 0 spiro atoms. The van der Waals surface area contributed by atoms with E-state index in [0.29, 0.717) is 11.4 Å². The predicted octanol–water partition coefficient (Wildman–Crippen LogP) is 3.93. The topological polar surface area (TPSA) is 46.6 Å². The van der Waals surface area contributed by atoms with Gasteiger partial charge in [-0.15, -0.1) is 0 Å². The third-order valence-corrected chi connectivity index (χ3v) is 6.58. The fourth-order valence-electron chi connectivity index (χ4n) is 3.11. The van der Waals surface area contributed by atoms with E-state index in [1.807, 2.05) is 42.5 Å². The summed E-state index contributed by atoms with van der Waals surface area (Å²) in [5.41, 5.74) is 2.09. The summed E-state index contributed by atoms with van der Waals surface area (Å²) in [6, 6.07) is 17.0. The van der Waals surface area contributed by atoms with E-state index in [2.05, 4.69) is 0 Å². The molecule has 25 heavy (non-hydrogen) atoms. The van der Waals surface area contributed by atoms with Crippen LogP contribution < -0.4 is 0 Å². The lowest BCUT2D eigenvalue weighted by atomic mass is 10.1.